The second-order valence-corrected chi connectivity index (χ2v) is 6.21. The third-order valence-electron chi connectivity index (χ3n) is 3.21. The van der Waals surface area contributed by atoms with Crippen LogP contribution in [-0.2, 0) is 10.0 Å². The predicted molar refractivity (Wildman–Crippen MR) is 70.1 cm³/mol. The summed E-state index contributed by atoms with van der Waals surface area (Å²) in [6.07, 6.45) is 1.27. The van der Waals surface area contributed by atoms with Gasteiger partial charge in [-0.25, -0.2) is 17.5 Å². The minimum absolute atomic E-state index is 0.0402. The Kier molecular flexibility index (Phi) is 4.34. The van der Waals surface area contributed by atoms with Crippen LogP contribution in [0.15, 0.2) is 23.1 Å². The molecular formula is C12H19FN2O2S. The first-order valence-electron chi connectivity index (χ1n) is 5.83. The molecule has 0 aromatic heterocycles. The van der Waals surface area contributed by atoms with E-state index in [1.807, 2.05) is 13.8 Å². The van der Waals surface area contributed by atoms with Gasteiger partial charge >= 0.3 is 0 Å². The standard InChI is InChI=1S/C12H19FN2O2S/c1-4-12(3,5-2)15-18(16,17)11-8-9(13)6-7-10(11)14/h6-8,15H,4-5,14H2,1-3H3. The highest BCUT2D eigenvalue weighted by atomic mass is 32.2. The van der Waals surface area contributed by atoms with Gasteiger partial charge in [0.15, 0.2) is 0 Å². The van der Waals surface area contributed by atoms with Crippen molar-refractivity contribution in [1.82, 2.24) is 4.72 Å². The first-order valence-corrected chi connectivity index (χ1v) is 7.31. The summed E-state index contributed by atoms with van der Waals surface area (Å²) in [6.45, 7) is 5.59. The van der Waals surface area contributed by atoms with Crippen LogP contribution >= 0.6 is 0 Å². The molecule has 102 valence electrons. The molecule has 0 aliphatic rings. The highest BCUT2D eigenvalue weighted by Gasteiger charge is 2.28. The van der Waals surface area contributed by atoms with Crippen molar-refractivity contribution in [3.8, 4) is 0 Å². The molecule has 0 radical (unpaired) electrons. The number of nitrogen functional groups attached to an aromatic ring is 1. The third-order valence-corrected chi connectivity index (χ3v) is 4.90. The van der Waals surface area contributed by atoms with Gasteiger partial charge in [-0.05, 0) is 38.0 Å². The van der Waals surface area contributed by atoms with Crippen molar-refractivity contribution in [3.63, 3.8) is 0 Å². The Morgan fingerprint density at radius 3 is 2.39 bits per heavy atom. The first kappa shape index (κ1) is 14.9. The number of halogens is 1. The number of rotatable bonds is 5. The zero-order valence-electron chi connectivity index (χ0n) is 10.8. The SMILES string of the molecule is CCC(C)(CC)NS(=O)(=O)c1cc(F)ccc1N. The lowest BCUT2D eigenvalue weighted by Crippen LogP contribution is -2.45. The molecule has 0 saturated heterocycles. The summed E-state index contributed by atoms with van der Waals surface area (Å²) in [5.41, 5.74) is 5.07. The maximum Gasteiger partial charge on any atom is 0.243 e. The molecule has 0 unspecified atom stereocenters. The second-order valence-electron chi connectivity index (χ2n) is 4.56. The highest BCUT2D eigenvalue weighted by molar-refractivity contribution is 7.89. The predicted octanol–water partition coefficient (Wildman–Crippen LogP) is 2.26. The van der Waals surface area contributed by atoms with Crippen LogP contribution in [0.1, 0.15) is 33.6 Å². The smallest absolute Gasteiger partial charge is 0.243 e. The molecule has 0 aliphatic heterocycles. The van der Waals surface area contributed by atoms with E-state index in [1.54, 1.807) is 6.92 Å². The maximum absolute atomic E-state index is 13.1. The molecule has 0 amide bonds. The van der Waals surface area contributed by atoms with Crippen molar-refractivity contribution in [2.75, 3.05) is 5.73 Å². The molecule has 0 bridgehead atoms. The Morgan fingerprint density at radius 1 is 1.33 bits per heavy atom. The fourth-order valence-corrected chi connectivity index (χ4v) is 3.21. The second kappa shape index (κ2) is 5.24. The summed E-state index contributed by atoms with van der Waals surface area (Å²) >= 11 is 0. The number of hydrogen-bond acceptors (Lipinski definition) is 3. The van der Waals surface area contributed by atoms with Crippen LogP contribution in [-0.4, -0.2) is 14.0 Å². The number of nitrogens with two attached hydrogens (primary N) is 1. The zero-order valence-corrected chi connectivity index (χ0v) is 11.6. The van der Waals surface area contributed by atoms with E-state index in [9.17, 15) is 12.8 Å². The molecule has 3 N–H and O–H groups in total. The van der Waals surface area contributed by atoms with Crippen molar-refractivity contribution >= 4 is 15.7 Å². The topological polar surface area (TPSA) is 72.2 Å². The fourth-order valence-electron chi connectivity index (χ4n) is 1.51. The minimum Gasteiger partial charge on any atom is -0.398 e. The van der Waals surface area contributed by atoms with Gasteiger partial charge in [-0.1, -0.05) is 13.8 Å². The van der Waals surface area contributed by atoms with Gasteiger partial charge in [-0.3, -0.25) is 0 Å². The lowest BCUT2D eigenvalue weighted by Gasteiger charge is -2.28. The molecule has 0 fully saturated rings. The molecule has 6 heteroatoms. The van der Waals surface area contributed by atoms with E-state index >= 15 is 0 Å². The molecule has 18 heavy (non-hydrogen) atoms. The van der Waals surface area contributed by atoms with E-state index in [1.165, 1.54) is 6.07 Å². The normalized spacial score (nSPS) is 12.7. The van der Waals surface area contributed by atoms with Gasteiger partial charge in [0.25, 0.3) is 0 Å². The molecule has 0 saturated carbocycles. The number of benzene rings is 1. The quantitative estimate of drug-likeness (QED) is 0.809. The highest BCUT2D eigenvalue weighted by Crippen LogP contribution is 2.23. The van der Waals surface area contributed by atoms with E-state index < -0.39 is 21.4 Å². The molecule has 1 rings (SSSR count). The molecule has 0 spiro atoms. The van der Waals surface area contributed by atoms with Gasteiger partial charge in [-0.15, -0.1) is 0 Å². The Bertz CT molecular complexity index is 525. The number of hydrogen-bond donors (Lipinski definition) is 2. The van der Waals surface area contributed by atoms with Crippen LogP contribution in [0.5, 0.6) is 0 Å². The lowest BCUT2D eigenvalue weighted by atomic mass is 9.98. The Morgan fingerprint density at radius 2 is 1.89 bits per heavy atom. The van der Waals surface area contributed by atoms with Gasteiger partial charge in [0.05, 0.1) is 5.69 Å². The van der Waals surface area contributed by atoms with Gasteiger partial charge < -0.3 is 5.73 Å². The average Bonchev–Trinajstić information content (AvgIpc) is 2.31. The van der Waals surface area contributed by atoms with Gasteiger partial charge in [-0.2, -0.15) is 0 Å². The molecule has 1 aromatic rings. The van der Waals surface area contributed by atoms with Crippen LogP contribution in [0.3, 0.4) is 0 Å². The van der Waals surface area contributed by atoms with Crippen molar-refractivity contribution in [2.24, 2.45) is 0 Å². The zero-order chi connectivity index (χ0) is 14.0. The summed E-state index contributed by atoms with van der Waals surface area (Å²) in [6, 6.07) is 3.32. The summed E-state index contributed by atoms with van der Waals surface area (Å²) in [5, 5.41) is 0. The Balaban J connectivity index is 3.18. The van der Waals surface area contributed by atoms with E-state index in [-0.39, 0.29) is 10.6 Å². The van der Waals surface area contributed by atoms with Crippen LogP contribution in [0.2, 0.25) is 0 Å². The molecule has 0 aliphatic carbocycles. The van der Waals surface area contributed by atoms with Crippen LogP contribution in [0.4, 0.5) is 10.1 Å². The number of anilines is 1. The summed E-state index contributed by atoms with van der Waals surface area (Å²) in [4.78, 5) is -0.212. The molecule has 4 nitrogen and oxygen atoms in total. The number of sulfonamides is 1. The molecular weight excluding hydrogens is 255 g/mol. The van der Waals surface area contributed by atoms with Crippen molar-refractivity contribution < 1.29 is 12.8 Å². The largest absolute Gasteiger partial charge is 0.398 e. The van der Waals surface area contributed by atoms with E-state index in [2.05, 4.69) is 4.72 Å². The first-order chi connectivity index (χ1) is 8.24. The van der Waals surface area contributed by atoms with Crippen molar-refractivity contribution in [1.29, 1.82) is 0 Å². The maximum atomic E-state index is 13.1. The molecule has 1 aromatic carbocycles. The summed E-state index contributed by atoms with van der Waals surface area (Å²) in [7, 11) is -3.81. The van der Waals surface area contributed by atoms with Gasteiger partial charge in [0.2, 0.25) is 10.0 Å². The van der Waals surface area contributed by atoms with Gasteiger partial charge in [0.1, 0.15) is 10.7 Å². The Labute approximate surface area is 107 Å². The average molecular weight is 274 g/mol. The van der Waals surface area contributed by atoms with Gasteiger partial charge in [0, 0.05) is 5.54 Å². The van der Waals surface area contributed by atoms with E-state index in [4.69, 9.17) is 5.73 Å². The monoisotopic (exact) mass is 274 g/mol. The summed E-state index contributed by atoms with van der Waals surface area (Å²) < 4.78 is 40.1. The van der Waals surface area contributed by atoms with Crippen LogP contribution < -0.4 is 10.5 Å². The molecule has 0 heterocycles. The number of nitrogens with one attached hydrogen (secondary N) is 1. The van der Waals surface area contributed by atoms with E-state index in [0.29, 0.717) is 12.8 Å². The Hall–Kier alpha value is -1.14. The van der Waals surface area contributed by atoms with E-state index in [0.717, 1.165) is 12.1 Å². The third kappa shape index (κ3) is 3.20. The lowest BCUT2D eigenvalue weighted by molar-refractivity contribution is 0.388. The summed E-state index contributed by atoms with van der Waals surface area (Å²) in [5.74, 6) is -0.626. The van der Waals surface area contributed by atoms with Crippen LogP contribution in [0, 0.1) is 5.82 Å². The molecule has 0 atom stereocenters. The van der Waals surface area contributed by atoms with Crippen molar-refractivity contribution in [3.05, 3.63) is 24.0 Å². The fraction of sp³-hybridized carbons (Fsp3) is 0.500. The minimum atomic E-state index is -3.81. The van der Waals surface area contributed by atoms with Crippen LogP contribution in [0.25, 0.3) is 0 Å². The van der Waals surface area contributed by atoms with Crippen molar-refractivity contribution in [2.45, 2.75) is 44.0 Å².